The number of fused-ring (bicyclic) bond motifs is 1. The molecule has 1 aliphatic heterocycles. The first-order valence-electron chi connectivity index (χ1n) is 6.04. The van der Waals surface area contributed by atoms with Crippen molar-refractivity contribution in [3.05, 3.63) is 51.0 Å². The van der Waals surface area contributed by atoms with Crippen LogP contribution in [-0.2, 0) is 0 Å². The molecule has 0 aliphatic carbocycles. The number of H-pyrrole nitrogens is 1. The largest absolute Gasteiger partial charge is 0.494 e. The van der Waals surface area contributed by atoms with Gasteiger partial charge in [-0.3, -0.25) is 0 Å². The first kappa shape index (κ1) is 11.9. The van der Waals surface area contributed by atoms with Crippen LogP contribution in [0.15, 0.2) is 40.0 Å². The third-order valence-corrected chi connectivity index (χ3v) is 5.05. The molecule has 4 heterocycles. The zero-order chi connectivity index (χ0) is 13.7. The topological polar surface area (TPSA) is 68.6 Å². The molecule has 0 fully saturated rings. The van der Waals surface area contributed by atoms with E-state index in [2.05, 4.69) is 9.98 Å². The quantitative estimate of drug-likeness (QED) is 0.679. The lowest BCUT2D eigenvalue weighted by Crippen LogP contribution is -1.96. The Balaban J connectivity index is 1.93. The molecule has 1 aliphatic rings. The second-order valence-corrected chi connectivity index (χ2v) is 6.34. The van der Waals surface area contributed by atoms with E-state index in [1.165, 1.54) is 11.3 Å². The second-order valence-electron chi connectivity index (χ2n) is 4.44. The van der Waals surface area contributed by atoms with Crippen LogP contribution in [0, 0.1) is 0 Å². The summed E-state index contributed by atoms with van der Waals surface area (Å²) in [4.78, 5) is 9.18. The summed E-state index contributed by atoms with van der Waals surface area (Å²) in [5.41, 5.74) is 2.67. The maximum Gasteiger partial charge on any atom is 0.199 e. The fourth-order valence-corrected chi connectivity index (χ4v) is 3.93. The van der Waals surface area contributed by atoms with E-state index < -0.39 is 6.23 Å². The van der Waals surface area contributed by atoms with Crippen LogP contribution >= 0.6 is 22.7 Å². The molecule has 6 heteroatoms. The highest BCUT2D eigenvalue weighted by atomic mass is 32.1. The summed E-state index contributed by atoms with van der Waals surface area (Å²) in [6.45, 7) is 0. The Bertz CT molecular complexity index is 786. The lowest BCUT2D eigenvalue weighted by molar-refractivity contribution is 0.193. The van der Waals surface area contributed by atoms with Gasteiger partial charge >= 0.3 is 0 Å². The highest BCUT2D eigenvalue weighted by Gasteiger charge is 2.33. The third-order valence-electron chi connectivity index (χ3n) is 3.29. The molecular formula is C14H10N2O2S2. The summed E-state index contributed by atoms with van der Waals surface area (Å²) >= 11 is 3.09. The molecule has 0 saturated heterocycles. The van der Waals surface area contributed by atoms with Crippen molar-refractivity contribution in [1.29, 1.82) is 0 Å². The SMILES string of the molecule is Oc1[nH]c(-c2cccs2)c2c1C(c1cccs1)=NC2O. The molecule has 0 spiro atoms. The van der Waals surface area contributed by atoms with Crippen LogP contribution in [0.25, 0.3) is 10.6 Å². The van der Waals surface area contributed by atoms with E-state index in [0.29, 0.717) is 16.8 Å². The van der Waals surface area contributed by atoms with Crippen LogP contribution in [-0.4, -0.2) is 20.9 Å². The Morgan fingerprint density at radius 2 is 1.80 bits per heavy atom. The summed E-state index contributed by atoms with van der Waals surface area (Å²) < 4.78 is 0. The number of aromatic hydroxyl groups is 1. The third kappa shape index (κ3) is 1.59. The first-order chi connectivity index (χ1) is 9.75. The number of hydrogen-bond acceptors (Lipinski definition) is 5. The predicted octanol–water partition coefficient (Wildman–Crippen LogP) is 3.35. The number of aromatic amines is 1. The monoisotopic (exact) mass is 302 g/mol. The van der Waals surface area contributed by atoms with Crippen molar-refractivity contribution >= 4 is 28.4 Å². The molecule has 4 nitrogen and oxygen atoms in total. The first-order valence-corrected chi connectivity index (χ1v) is 7.80. The number of aliphatic imine (C=N–C) groups is 1. The van der Waals surface area contributed by atoms with E-state index in [0.717, 1.165) is 15.4 Å². The normalized spacial score (nSPS) is 17.2. The van der Waals surface area contributed by atoms with E-state index in [1.54, 1.807) is 11.3 Å². The van der Waals surface area contributed by atoms with Gasteiger partial charge in [0.25, 0.3) is 0 Å². The van der Waals surface area contributed by atoms with Crippen molar-refractivity contribution in [3.63, 3.8) is 0 Å². The highest BCUT2D eigenvalue weighted by Crippen LogP contribution is 2.43. The molecule has 0 bridgehead atoms. The van der Waals surface area contributed by atoms with Gasteiger partial charge in [0.1, 0.15) is 0 Å². The Morgan fingerprint density at radius 1 is 1.10 bits per heavy atom. The molecule has 0 aromatic carbocycles. The summed E-state index contributed by atoms with van der Waals surface area (Å²) in [6, 6.07) is 7.75. The van der Waals surface area contributed by atoms with E-state index >= 15 is 0 Å². The predicted molar refractivity (Wildman–Crippen MR) is 80.7 cm³/mol. The number of rotatable bonds is 2. The van der Waals surface area contributed by atoms with Gasteiger partial charge in [0.2, 0.25) is 0 Å². The summed E-state index contributed by atoms with van der Waals surface area (Å²) in [6.07, 6.45) is -0.934. The number of aromatic nitrogens is 1. The molecule has 3 N–H and O–H groups in total. The number of aliphatic hydroxyl groups is 1. The number of nitrogens with zero attached hydrogens (tertiary/aromatic N) is 1. The summed E-state index contributed by atoms with van der Waals surface area (Å²) in [5, 5.41) is 24.3. The van der Waals surface area contributed by atoms with Crippen molar-refractivity contribution in [2.24, 2.45) is 4.99 Å². The van der Waals surface area contributed by atoms with Gasteiger partial charge in [-0.1, -0.05) is 12.1 Å². The zero-order valence-electron chi connectivity index (χ0n) is 10.2. The van der Waals surface area contributed by atoms with Gasteiger partial charge in [-0.2, -0.15) is 0 Å². The van der Waals surface area contributed by atoms with Crippen LogP contribution in [0.3, 0.4) is 0 Å². The van der Waals surface area contributed by atoms with E-state index in [-0.39, 0.29) is 5.88 Å². The number of nitrogens with one attached hydrogen (secondary N) is 1. The molecule has 1 atom stereocenters. The Hall–Kier alpha value is -1.89. The van der Waals surface area contributed by atoms with Gasteiger partial charge in [-0.05, 0) is 22.9 Å². The second kappa shape index (κ2) is 4.31. The van der Waals surface area contributed by atoms with Crippen LogP contribution in [0.2, 0.25) is 0 Å². The van der Waals surface area contributed by atoms with Crippen molar-refractivity contribution in [2.45, 2.75) is 6.23 Å². The highest BCUT2D eigenvalue weighted by molar-refractivity contribution is 7.13. The minimum atomic E-state index is -0.934. The molecule has 3 aromatic heterocycles. The molecule has 100 valence electrons. The molecule has 0 amide bonds. The molecule has 20 heavy (non-hydrogen) atoms. The minimum absolute atomic E-state index is 0.0621. The van der Waals surface area contributed by atoms with Gasteiger partial charge in [0.05, 0.1) is 26.7 Å². The van der Waals surface area contributed by atoms with Gasteiger partial charge in [0, 0.05) is 5.56 Å². The average molecular weight is 302 g/mol. The van der Waals surface area contributed by atoms with E-state index in [4.69, 9.17) is 0 Å². The maximum absolute atomic E-state index is 10.2. The van der Waals surface area contributed by atoms with Crippen LogP contribution < -0.4 is 0 Å². The Kier molecular flexibility index (Phi) is 2.56. The fourth-order valence-electron chi connectivity index (χ4n) is 2.47. The standard InChI is InChI=1S/C14H10N2O2S2/c17-13-9-10(12(16-13)8-4-2-6-20-8)14(18)15-11(9)7-3-1-5-19-7/h1-6,13,15,17-18H. The Morgan fingerprint density at radius 3 is 2.45 bits per heavy atom. The van der Waals surface area contributed by atoms with E-state index in [9.17, 15) is 10.2 Å². The summed E-state index contributed by atoms with van der Waals surface area (Å²) in [5.74, 6) is 0.0621. The maximum atomic E-state index is 10.2. The van der Waals surface area contributed by atoms with Crippen molar-refractivity contribution in [3.8, 4) is 16.5 Å². The number of aliphatic hydroxyl groups excluding tert-OH is 1. The van der Waals surface area contributed by atoms with Gasteiger partial charge in [-0.15, -0.1) is 22.7 Å². The van der Waals surface area contributed by atoms with Crippen molar-refractivity contribution in [1.82, 2.24) is 4.98 Å². The smallest absolute Gasteiger partial charge is 0.199 e. The van der Waals surface area contributed by atoms with Gasteiger partial charge < -0.3 is 15.2 Å². The van der Waals surface area contributed by atoms with Crippen LogP contribution in [0.5, 0.6) is 5.88 Å². The number of hydrogen-bond donors (Lipinski definition) is 3. The van der Waals surface area contributed by atoms with Crippen molar-refractivity contribution < 1.29 is 10.2 Å². The number of thiophene rings is 2. The molecule has 1 unspecified atom stereocenters. The summed E-state index contributed by atoms with van der Waals surface area (Å²) in [7, 11) is 0. The molecule has 3 aromatic rings. The minimum Gasteiger partial charge on any atom is -0.494 e. The zero-order valence-corrected chi connectivity index (χ0v) is 11.8. The van der Waals surface area contributed by atoms with Crippen molar-refractivity contribution in [2.75, 3.05) is 0 Å². The van der Waals surface area contributed by atoms with E-state index in [1.807, 2.05) is 35.0 Å². The van der Waals surface area contributed by atoms with Gasteiger partial charge in [0.15, 0.2) is 12.1 Å². The molecule has 0 saturated carbocycles. The average Bonchev–Trinajstić information content (AvgIpc) is 3.17. The van der Waals surface area contributed by atoms with Crippen LogP contribution in [0.4, 0.5) is 0 Å². The Labute approximate surface area is 122 Å². The lowest BCUT2D eigenvalue weighted by atomic mass is 10.1. The fraction of sp³-hybridized carbons (Fsp3) is 0.0714. The van der Waals surface area contributed by atoms with Crippen LogP contribution in [0.1, 0.15) is 22.2 Å². The van der Waals surface area contributed by atoms with Gasteiger partial charge in [-0.25, -0.2) is 4.99 Å². The lowest BCUT2D eigenvalue weighted by Gasteiger charge is -2.01. The molecule has 4 rings (SSSR count). The molecule has 0 radical (unpaired) electrons. The molecular weight excluding hydrogens is 292 g/mol.